The van der Waals surface area contributed by atoms with E-state index in [1.807, 2.05) is 24.3 Å². The molecule has 1 aliphatic rings. The van der Waals surface area contributed by atoms with Gasteiger partial charge < -0.3 is 14.5 Å². The number of benzene rings is 3. The number of hydrogen-bond donors (Lipinski definition) is 0. The average molecular weight is 471 g/mol. The molecule has 1 amide bonds. The molecule has 0 atom stereocenters. The Hall–Kier alpha value is -4.45. The van der Waals surface area contributed by atoms with E-state index in [9.17, 15) is 9.18 Å². The molecule has 8 nitrogen and oxygen atoms in total. The Kier molecular flexibility index (Phi) is 6.02. The Morgan fingerprint density at radius 1 is 1.06 bits per heavy atom. The summed E-state index contributed by atoms with van der Waals surface area (Å²) in [7, 11) is 1.63. The van der Waals surface area contributed by atoms with Crippen LogP contribution in [0.15, 0.2) is 66.7 Å². The smallest absolute Gasteiger partial charge is 0.346 e. The first-order valence-corrected chi connectivity index (χ1v) is 11.3. The van der Waals surface area contributed by atoms with Gasteiger partial charge in [-0.1, -0.05) is 5.21 Å². The van der Waals surface area contributed by atoms with Crippen molar-refractivity contribution in [3.05, 3.63) is 78.1 Å². The van der Waals surface area contributed by atoms with E-state index in [-0.39, 0.29) is 17.9 Å². The van der Waals surface area contributed by atoms with Crippen molar-refractivity contribution in [1.82, 2.24) is 19.9 Å². The van der Waals surface area contributed by atoms with Crippen LogP contribution in [-0.2, 0) is 0 Å². The number of nitrogens with zero attached hydrogens (tertiary/aromatic N) is 6. The van der Waals surface area contributed by atoms with Gasteiger partial charge in [0, 0.05) is 30.5 Å². The van der Waals surface area contributed by atoms with Gasteiger partial charge in [0.1, 0.15) is 17.1 Å². The molecule has 1 fully saturated rings. The minimum absolute atomic E-state index is 0.114. The molecule has 2 heterocycles. The van der Waals surface area contributed by atoms with Crippen molar-refractivity contribution in [2.24, 2.45) is 0 Å². The first-order valence-electron chi connectivity index (χ1n) is 11.3. The molecule has 5 rings (SSSR count). The molecule has 0 unspecified atom stereocenters. The number of piperidine rings is 1. The number of nitriles is 1. The lowest BCUT2D eigenvalue weighted by atomic mass is 10.0. The van der Waals surface area contributed by atoms with Crippen LogP contribution in [0.1, 0.15) is 18.4 Å². The van der Waals surface area contributed by atoms with Crippen LogP contribution in [0.25, 0.3) is 11.0 Å². The maximum Gasteiger partial charge on any atom is 0.346 e. The Labute approximate surface area is 201 Å². The lowest BCUT2D eigenvalue weighted by Gasteiger charge is -2.39. The zero-order chi connectivity index (χ0) is 24.4. The molecule has 1 aromatic heterocycles. The molecule has 0 bridgehead atoms. The second kappa shape index (κ2) is 9.43. The van der Waals surface area contributed by atoms with Crippen LogP contribution < -0.4 is 9.64 Å². The van der Waals surface area contributed by atoms with E-state index in [2.05, 4.69) is 21.3 Å². The van der Waals surface area contributed by atoms with E-state index < -0.39 is 0 Å². The number of hydrogen-bond acceptors (Lipinski definition) is 6. The third kappa shape index (κ3) is 4.38. The van der Waals surface area contributed by atoms with Crippen molar-refractivity contribution >= 4 is 28.4 Å². The van der Waals surface area contributed by atoms with Crippen molar-refractivity contribution in [1.29, 1.82) is 5.26 Å². The van der Waals surface area contributed by atoms with Crippen LogP contribution in [-0.4, -0.2) is 52.2 Å². The van der Waals surface area contributed by atoms with Crippen LogP contribution in [0.3, 0.4) is 0 Å². The van der Waals surface area contributed by atoms with Crippen LogP contribution in [0.2, 0.25) is 0 Å². The van der Waals surface area contributed by atoms with Gasteiger partial charge >= 0.3 is 6.03 Å². The minimum Gasteiger partial charge on any atom is -0.497 e. The van der Waals surface area contributed by atoms with Crippen LogP contribution in [0.4, 0.5) is 20.6 Å². The van der Waals surface area contributed by atoms with Gasteiger partial charge in [0.25, 0.3) is 0 Å². The second-order valence-corrected chi connectivity index (χ2v) is 8.36. The predicted molar refractivity (Wildman–Crippen MR) is 129 cm³/mol. The van der Waals surface area contributed by atoms with Gasteiger partial charge in [-0.15, -0.1) is 5.10 Å². The predicted octanol–water partition coefficient (Wildman–Crippen LogP) is 4.72. The largest absolute Gasteiger partial charge is 0.497 e. The monoisotopic (exact) mass is 470 g/mol. The van der Waals surface area contributed by atoms with Crippen molar-refractivity contribution in [2.75, 3.05) is 25.1 Å². The molecule has 1 aliphatic heterocycles. The molecule has 35 heavy (non-hydrogen) atoms. The fourth-order valence-electron chi connectivity index (χ4n) is 4.50. The summed E-state index contributed by atoms with van der Waals surface area (Å²) < 4.78 is 20.2. The molecular formula is C26H23FN6O2. The molecule has 4 aromatic rings. The van der Waals surface area contributed by atoms with Crippen molar-refractivity contribution in [2.45, 2.75) is 18.9 Å². The molecule has 9 heteroatoms. The third-order valence-corrected chi connectivity index (χ3v) is 6.31. The molecule has 1 saturated heterocycles. The summed E-state index contributed by atoms with van der Waals surface area (Å²) in [6.45, 7) is 1.07. The van der Waals surface area contributed by atoms with E-state index in [4.69, 9.17) is 10.00 Å². The van der Waals surface area contributed by atoms with Gasteiger partial charge in [-0.05, 0) is 79.6 Å². The normalized spacial score (nSPS) is 14.0. The Bertz CT molecular complexity index is 1390. The van der Waals surface area contributed by atoms with Crippen LogP contribution in [0, 0.1) is 17.1 Å². The van der Waals surface area contributed by atoms with Crippen molar-refractivity contribution in [3.63, 3.8) is 0 Å². The summed E-state index contributed by atoms with van der Waals surface area (Å²) in [5.74, 6) is 0.473. The summed E-state index contributed by atoms with van der Waals surface area (Å²) in [6.07, 6.45) is 1.45. The molecular weight excluding hydrogens is 447 g/mol. The van der Waals surface area contributed by atoms with E-state index in [0.717, 1.165) is 30.0 Å². The second-order valence-electron chi connectivity index (χ2n) is 8.36. The molecule has 0 spiro atoms. The zero-order valence-corrected chi connectivity index (χ0v) is 19.1. The number of methoxy groups -OCH3 is 1. The molecule has 0 radical (unpaired) electrons. The fourth-order valence-corrected chi connectivity index (χ4v) is 4.50. The average Bonchev–Trinajstić information content (AvgIpc) is 3.33. The summed E-state index contributed by atoms with van der Waals surface area (Å²) >= 11 is 0. The van der Waals surface area contributed by atoms with Crippen LogP contribution in [0.5, 0.6) is 5.75 Å². The maximum absolute atomic E-state index is 13.6. The van der Waals surface area contributed by atoms with Crippen molar-refractivity contribution < 1.29 is 13.9 Å². The molecule has 0 N–H and O–H groups in total. The number of aromatic nitrogens is 3. The number of ether oxygens (including phenoxy) is 1. The highest BCUT2D eigenvalue weighted by Gasteiger charge is 2.30. The molecule has 0 aliphatic carbocycles. The van der Waals surface area contributed by atoms with E-state index in [1.165, 1.54) is 16.8 Å². The van der Waals surface area contributed by atoms with Gasteiger partial charge in [0.05, 0.1) is 24.3 Å². The highest BCUT2D eigenvalue weighted by atomic mass is 19.1. The number of fused-ring (bicyclic) bond motifs is 1. The quantitative estimate of drug-likeness (QED) is 0.429. The number of amides is 1. The summed E-state index contributed by atoms with van der Waals surface area (Å²) in [5.41, 5.74) is 3.41. The van der Waals surface area contributed by atoms with Gasteiger partial charge in [-0.3, -0.25) is 0 Å². The van der Waals surface area contributed by atoms with Gasteiger partial charge in [0.15, 0.2) is 0 Å². The lowest BCUT2D eigenvalue weighted by Crippen LogP contribution is -2.47. The Morgan fingerprint density at radius 2 is 1.71 bits per heavy atom. The number of anilines is 2. The summed E-state index contributed by atoms with van der Waals surface area (Å²) in [6, 6.07) is 21.1. The summed E-state index contributed by atoms with van der Waals surface area (Å²) in [4.78, 5) is 17.2. The first-order chi connectivity index (χ1) is 17.1. The number of carbonyl (C=O) groups excluding carboxylic acids is 1. The third-order valence-electron chi connectivity index (χ3n) is 6.31. The lowest BCUT2D eigenvalue weighted by molar-refractivity contribution is 0.180. The van der Waals surface area contributed by atoms with E-state index >= 15 is 0 Å². The molecule has 0 saturated carbocycles. The SMILES string of the molecule is COc1ccc(N(c2ccc(F)cc2)C2CCN(C(=O)n3nnc4cc(C#N)ccc43)CC2)cc1. The zero-order valence-electron chi connectivity index (χ0n) is 19.1. The highest BCUT2D eigenvalue weighted by Crippen LogP contribution is 2.33. The number of rotatable bonds is 4. The van der Waals surface area contributed by atoms with E-state index in [1.54, 1.807) is 42.3 Å². The maximum atomic E-state index is 13.6. The van der Waals surface area contributed by atoms with Gasteiger partial charge in [0.2, 0.25) is 0 Å². The number of likely N-dealkylation sites (tertiary alicyclic amines) is 1. The topological polar surface area (TPSA) is 87.3 Å². The standard InChI is InChI=1S/C26H23FN6O2/c1-35-23-9-7-21(8-10-23)32(20-5-3-19(27)4-6-20)22-12-14-31(15-13-22)26(34)33-25-11-2-18(17-28)16-24(25)29-30-33/h2-11,16,22H,12-15H2,1H3. The number of halogens is 1. The number of carbonyl (C=O) groups is 1. The molecule has 176 valence electrons. The van der Waals surface area contributed by atoms with Crippen LogP contribution >= 0.6 is 0 Å². The summed E-state index contributed by atoms with van der Waals surface area (Å²) in [5, 5.41) is 17.2. The molecule has 3 aromatic carbocycles. The minimum atomic E-state index is -0.286. The van der Waals surface area contributed by atoms with Gasteiger partial charge in [-0.2, -0.15) is 9.94 Å². The van der Waals surface area contributed by atoms with Gasteiger partial charge in [-0.25, -0.2) is 9.18 Å². The first kappa shape index (κ1) is 22.3. The van der Waals surface area contributed by atoms with Crippen molar-refractivity contribution in [3.8, 4) is 11.8 Å². The Balaban J connectivity index is 1.36. The Morgan fingerprint density at radius 3 is 2.34 bits per heavy atom. The highest BCUT2D eigenvalue weighted by molar-refractivity contribution is 5.88. The van der Waals surface area contributed by atoms with E-state index in [0.29, 0.717) is 29.7 Å². The fraction of sp³-hybridized carbons (Fsp3) is 0.231.